The SMILES string of the molecule is COc1cc(CNc2nnnn2C)cc(Br)c1OCc1ccccc1F. The molecule has 0 radical (unpaired) electrons. The number of methoxy groups -OCH3 is 1. The van der Waals surface area contributed by atoms with Gasteiger partial charge in [0.25, 0.3) is 0 Å². The van der Waals surface area contributed by atoms with E-state index in [1.54, 1.807) is 32.4 Å². The van der Waals surface area contributed by atoms with Gasteiger partial charge < -0.3 is 14.8 Å². The topological polar surface area (TPSA) is 74.1 Å². The number of anilines is 1. The molecule has 0 aliphatic carbocycles. The van der Waals surface area contributed by atoms with E-state index in [2.05, 4.69) is 36.8 Å². The first-order valence-electron chi connectivity index (χ1n) is 7.77. The fraction of sp³-hybridized carbons (Fsp3) is 0.235. The third-order valence-corrected chi connectivity index (χ3v) is 4.28. The van der Waals surface area contributed by atoms with E-state index in [-0.39, 0.29) is 12.4 Å². The summed E-state index contributed by atoms with van der Waals surface area (Å²) in [4.78, 5) is 0. The van der Waals surface area contributed by atoms with E-state index >= 15 is 0 Å². The van der Waals surface area contributed by atoms with Gasteiger partial charge in [-0.3, -0.25) is 0 Å². The molecule has 1 heterocycles. The first kappa shape index (κ1) is 18.1. The molecule has 0 aliphatic rings. The van der Waals surface area contributed by atoms with Crippen molar-refractivity contribution in [2.45, 2.75) is 13.2 Å². The van der Waals surface area contributed by atoms with Gasteiger partial charge in [0.15, 0.2) is 11.5 Å². The molecule has 0 spiro atoms. The molecule has 3 aromatic rings. The van der Waals surface area contributed by atoms with E-state index in [1.807, 2.05) is 12.1 Å². The number of nitrogens with one attached hydrogen (secondary N) is 1. The first-order chi connectivity index (χ1) is 12.6. The van der Waals surface area contributed by atoms with Crippen LogP contribution in [-0.2, 0) is 20.2 Å². The van der Waals surface area contributed by atoms with E-state index in [1.165, 1.54) is 10.7 Å². The van der Waals surface area contributed by atoms with Gasteiger partial charge in [0.05, 0.1) is 11.6 Å². The summed E-state index contributed by atoms with van der Waals surface area (Å²) in [5, 5.41) is 14.3. The Balaban J connectivity index is 1.74. The maximum atomic E-state index is 13.8. The predicted molar refractivity (Wildman–Crippen MR) is 97.6 cm³/mol. The number of rotatable bonds is 7. The quantitative estimate of drug-likeness (QED) is 0.630. The Hall–Kier alpha value is -2.68. The maximum Gasteiger partial charge on any atom is 0.242 e. The van der Waals surface area contributed by atoms with E-state index < -0.39 is 0 Å². The van der Waals surface area contributed by atoms with Crippen LogP contribution in [0.1, 0.15) is 11.1 Å². The molecule has 1 N–H and O–H groups in total. The Bertz CT molecular complexity index is 903. The summed E-state index contributed by atoms with van der Waals surface area (Å²) in [5.74, 6) is 1.31. The Morgan fingerprint density at radius 1 is 1.27 bits per heavy atom. The van der Waals surface area contributed by atoms with Crippen LogP contribution >= 0.6 is 15.9 Å². The second kappa shape index (κ2) is 8.13. The first-order valence-corrected chi connectivity index (χ1v) is 8.56. The van der Waals surface area contributed by atoms with Crippen LogP contribution in [0.25, 0.3) is 0 Å². The molecule has 26 heavy (non-hydrogen) atoms. The average Bonchev–Trinajstić information content (AvgIpc) is 3.04. The second-order valence-corrected chi connectivity index (χ2v) is 6.32. The van der Waals surface area contributed by atoms with Crippen LogP contribution in [0.3, 0.4) is 0 Å². The van der Waals surface area contributed by atoms with Gasteiger partial charge in [-0.2, -0.15) is 0 Å². The summed E-state index contributed by atoms with van der Waals surface area (Å²) in [5.41, 5.74) is 1.41. The molecular formula is C17H17BrFN5O2. The number of ether oxygens (including phenoxy) is 2. The number of tetrazole rings is 1. The van der Waals surface area contributed by atoms with Crippen molar-refractivity contribution in [2.75, 3.05) is 12.4 Å². The molecule has 0 aliphatic heterocycles. The number of hydrogen-bond donors (Lipinski definition) is 1. The smallest absolute Gasteiger partial charge is 0.242 e. The highest BCUT2D eigenvalue weighted by atomic mass is 79.9. The molecule has 0 amide bonds. The fourth-order valence-corrected chi connectivity index (χ4v) is 2.94. The molecule has 1 aromatic heterocycles. The predicted octanol–water partition coefficient (Wildman–Crippen LogP) is 3.31. The minimum atomic E-state index is -0.305. The van der Waals surface area contributed by atoms with Crippen LogP contribution in [0, 0.1) is 5.82 Å². The molecule has 0 fully saturated rings. The van der Waals surface area contributed by atoms with E-state index in [0.29, 0.717) is 34.0 Å². The lowest BCUT2D eigenvalue weighted by atomic mass is 10.2. The van der Waals surface area contributed by atoms with Crippen LogP contribution < -0.4 is 14.8 Å². The van der Waals surface area contributed by atoms with Crippen molar-refractivity contribution in [3.8, 4) is 11.5 Å². The molecule has 0 atom stereocenters. The van der Waals surface area contributed by atoms with Crippen molar-refractivity contribution in [2.24, 2.45) is 7.05 Å². The second-order valence-electron chi connectivity index (χ2n) is 5.47. The zero-order chi connectivity index (χ0) is 18.5. The molecule has 2 aromatic carbocycles. The molecule has 0 saturated heterocycles. The number of benzene rings is 2. The molecule has 7 nitrogen and oxygen atoms in total. The van der Waals surface area contributed by atoms with Gasteiger partial charge in [0.2, 0.25) is 5.95 Å². The Labute approximate surface area is 158 Å². The zero-order valence-corrected chi connectivity index (χ0v) is 15.8. The normalized spacial score (nSPS) is 10.6. The van der Waals surface area contributed by atoms with Crippen molar-refractivity contribution in [3.63, 3.8) is 0 Å². The zero-order valence-electron chi connectivity index (χ0n) is 14.2. The van der Waals surface area contributed by atoms with Crippen LogP contribution in [0.2, 0.25) is 0 Å². The minimum Gasteiger partial charge on any atom is -0.493 e. The van der Waals surface area contributed by atoms with Crippen molar-refractivity contribution >= 4 is 21.9 Å². The Morgan fingerprint density at radius 3 is 2.77 bits per heavy atom. The number of nitrogens with zero attached hydrogens (tertiary/aromatic N) is 4. The highest BCUT2D eigenvalue weighted by molar-refractivity contribution is 9.10. The van der Waals surface area contributed by atoms with Crippen molar-refractivity contribution in [1.29, 1.82) is 0 Å². The lowest BCUT2D eigenvalue weighted by Gasteiger charge is -2.15. The van der Waals surface area contributed by atoms with Crippen LogP contribution in [0.15, 0.2) is 40.9 Å². The lowest BCUT2D eigenvalue weighted by Crippen LogP contribution is -2.07. The summed E-state index contributed by atoms with van der Waals surface area (Å²) < 4.78 is 27.2. The number of hydrogen-bond acceptors (Lipinski definition) is 6. The van der Waals surface area contributed by atoms with Gasteiger partial charge in [0, 0.05) is 19.2 Å². The summed E-state index contributed by atoms with van der Waals surface area (Å²) >= 11 is 3.49. The van der Waals surface area contributed by atoms with Crippen molar-refractivity contribution in [3.05, 3.63) is 57.8 Å². The number of aromatic nitrogens is 4. The van der Waals surface area contributed by atoms with Gasteiger partial charge in [-0.25, -0.2) is 9.07 Å². The monoisotopic (exact) mass is 421 g/mol. The lowest BCUT2D eigenvalue weighted by molar-refractivity contribution is 0.277. The van der Waals surface area contributed by atoms with Crippen molar-refractivity contribution < 1.29 is 13.9 Å². The summed E-state index contributed by atoms with van der Waals surface area (Å²) in [6, 6.07) is 10.2. The van der Waals surface area contributed by atoms with Crippen molar-refractivity contribution in [1.82, 2.24) is 20.2 Å². The summed E-state index contributed by atoms with van der Waals surface area (Å²) in [6.07, 6.45) is 0. The van der Waals surface area contributed by atoms with E-state index in [0.717, 1.165) is 5.56 Å². The van der Waals surface area contributed by atoms with Gasteiger partial charge in [-0.05, 0) is 50.1 Å². The van der Waals surface area contributed by atoms with Gasteiger partial charge >= 0.3 is 0 Å². The van der Waals surface area contributed by atoms with Gasteiger partial charge in [0.1, 0.15) is 12.4 Å². The number of halogens is 2. The summed E-state index contributed by atoms with van der Waals surface area (Å²) in [6.45, 7) is 0.598. The fourth-order valence-electron chi connectivity index (χ4n) is 2.34. The van der Waals surface area contributed by atoms with Crippen LogP contribution in [-0.4, -0.2) is 27.3 Å². The van der Waals surface area contributed by atoms with Crippen LogP contribution in [0.4, 0.5) is 10.3 Å². The van der Waals surface area contributed by atoms with E-state index in [9.17, 15) is 4.39 Å². The largest absolute Gasteiger partial charge is 0.493 e. The van der Waals surface area contributed by atoms with Gasteiger partial charge in [-0.1, -0.05) is 23.3 Å². The van der Waals surface area contributed by atoms with Crippen LogP contribution in [0.5, 0.6) is 11.5 Å². The molecule has 0 bridgehead atoms. The standard InChI is InChI=1S/C17H17BrFN5O2/c1-24-17(21-22-23-24)20-9-11-7-13(18)16(15(8-11)25-2)26-10-12-5-3-4-6-14(12)19/h3-8H,9-10H2,1-2H3,(H,20,21,23). The maximum absolute atomic E-state index is 13.8. The molecule has 0 unspecified atom stereocenters. The molecule has 0 saturated carbocycles. The third kappa shape index (κ3) is 4.10. The minimum absolute atomic E-state index is 0.101. The highest BCUT2D eigenvalue weighted by Gasteiger charge is 2.13. The highest BCUT2D eigenvalue weighted by Crippen LogP contribution is 2.37. The molecular weight excluding hydrogens is 405 g/mol. The Morgan fingerprint density at radius 2 is 2.08 bits per heavy atom. The molecule has 9 heteroatoms. The van der Waals surface area contributed by atoms with E-state index in [4.69, 9.17) is 9.47 Å². The summed E-state index contributed by atoms with van der Waals surface area (Å²) in [7, 11) is 3.31. The molecule has 3 rings (SSSR count). The number of aryl methyl sites for hydroxylation is 1. The molecule has 136 valence electrons. The average molecular weight is 422 g/mol. The van der Waals surface area contributed by atoms with Gasteiger partial charge in [-0.15, -0.1) is 0 Å². The third-order valence-electron chi connectivity index (χ3n) is 3.69. The Kier molecular flexibility index (Phi) is 5.67.